The highest BCUT2D eigenvalue weighted by Gasteiger charge is 2.13. The lowest BCUT2D eigenvalue weighted by Crippen LogP contribution is -2.23. The van der Waals surface area contributed by atoms with Gasteiger partial charge in [-0.25, -0.2) is 13.8 Å². The van der Waals surface area contributed by atoms with Crippen molar-refractivity contribution in [2.45, 2.75) is 39.8 Å². The predicted octanol–water partition coefficient (Wildman–Crippen LogP) is 1.71. The summed E-state index contributed by atoms with van der Waals surface area (Å²) >= 11 is 0. The topological polar surface area (TPSA) is 90.5 Å². The fourth-order valence-electron chi connectivity index (χ4n) is 2.72. The average Bonchev–Trinajstić information content (AvgIpc) is 3.23. The van der Waals surface area contributed by atoms with Crippen LogP contribution in [0.15, 0.2) is 30.6 Å². The number of nitrogens with zero attached hydrogens (tertiary/aromatic N) is 6. The second-order valence-corrected chi connectivity index (χ2v) is 5.99. The normalized spacial score (nSPS) is 10.9. The summed E-state index contributed by atoms with van der Waals surface area (Å²) < 4.78 is 16.4. The molecule has 0 fully saturated rings. The van der Waals surface area contributed by atoms with Gasteiger partial charge >= 0.3 is 0 Å². The van der Waals surface area contributed by atoms with Gasteiger partial charge in [0.15, 0.2) is 0 Å². The quantitative estimate of drug-likeness (QED) is 0.695. The third-order valence-electron chi connectivity index (χ3n) is 4.16. The van der Waals surface area contributed by atoms with E-state index in [-0.39, 0.29) is 11.7 Å². The first kappa shape index (κ1) is 17.7. The summed E-state index contributed by atoms with van der Waals surface area (Å²) in [7, 11) is 0. The van der Waals surface area contributed by atoms with E-state index in [1.54, 1.807) is 21.5 Å². The van der Waals surface area contributed by atoms with Gasteiger partial charge in [0, 0.05) is 30.8 Å². The minimum Gasteiger partial charge on any atom is -0.352 e. The number of benzene rings is 1. The zero-order valence-corrected chi connectivity index (χ0v) is 14.7. The van der Waals surface area contributed by atoms with E-state index >= 15 is 0 Å². The Morgan fingerprint density at radius 3 is 2.69 bits per heavy atom. The Morgan fingerprint density at radius 2 is 2.00 bits per heavy atom. The van der Waals surface area contributed by atoms with Gasteiger partial charge in [-0.1, -0.05) is 0 Å². The van der Waals surface area contributed by atoms with Crippen LogP contribution in [0.4, 0.5) is 4.39 Å². The van der Waals surface area contributed by atoms with E-state index < -0.39 is 0 Å². The molecule has 26 heavy (non-hydrogen) atoms. The van der Waals surface area contributed by atoms with Crippen LogP contribution < -0.4 is 5.32 Å². The molecule has 9 heteroatoms. The SMILES string of the molecule is Cc1nn(-c2ccc(F)cc2)c(C)c1CNC(=O)CCCn1cnnn1. The van der Waals surface area contributed by atoms with Crippen LogP contribution in [0.5, 0.6) is 0 Å². The summed E-state index contributed by atoms with van der Waals surface area (Å²) in [5.74, 6) is -0.323. The van der Waals surface area contributed by atoms with Gasteiger partial charge in [0.1, 0.15) is 12.1 Å². The fourth-order valence-corrected chi connectivity index (χ4v) is 2.72. The molecule has 0 saturated carbocycles. The Morgan fingerprint density at radius 1 is 1.23 bits per heavy atom. The molecule has 1 amide bonds. The average molecular weight is 357 g/mol. The third kappa shape index (κ3) is 4.11. The molecule has 0 aliphatic heterocycles. The molecular weight excluding hydrogens is 337 g/mol. The number of hydrogen-bond acceptors (Lipinski definition) is 5. The monoisotopic (exact) mass is 357 g/mol. The second kappa shape index (κ2) is 7.85. The number of hydrogen-bond donors (Lipinski definition) is 1. The number of carbonyl (C=O) groups is 1. The Bertz CT molecular complexity index is 871. The Labute approximate surface area is 150 Å². The number of carbonyl (C=O) groups excluding carboxylic acids is 1. The number of halogens is 1. The number of aryl methyl sites for hydroxylation is 2. The van der Waals surface area contributed by atoms with Crippen LogP contribution in [0.3, 0.4) is 0 Å². The number of aromatic nitrogens is 6. The summed E-state index contributed by atoms with van der Waals surface area (Å²) in [6.07, 6.45) is 2.57. The van der Waals surface area contributed by atoms with Crippen LogP contribution in [-0.4, -0.2) is 35.9 Å². The molecule has 0 atom stereocenters. The Kier molecular flexibility index (Phi) is 5.35. The van der Waals surface area contributed by atoms with Crippen LogP contribution in [0, 0.1) is 19.7 Å². The van der Waals surface area contributed by atoms with Gasteiger partial charge in [0.25, 0.3) is 0 Å². The highest BCUT2D eigenvalue weighted by atomic mass is 19.1. The first-order chi connectivity index (χ1) is 12.5. The lowest BCUT2D eigenvalue weighted by atomic mass is 10.2. The zero-order chi connectivity index (χ0) is 18.5. The molecule has 0 unspecified atom stereocenters. The predicted molar refractivity (Wildman–Crippen MR) is 91.9 cm³/mol. The van der Waals surface area contributed by atoms with E-state index in [4.69, 9.17) is 0 Å². The maximum atomic E-state index is 13.1. The van der Waals surface area contributed by atoms with E-state index in [0.29, 0.717) is 25.9 Å². The smallest absolute Gasteiger partial charge is 0.220 e. The van der Waals surface area contributed by atoms with Crippen molar-refractivity contribution in [2.75, 3.05) is 0 Å². The van der Waals surface area contributed by atoms with Gasteiger partial charge in [0.2, 0.25) is 5.91 Å². The van der Waals surface area contributed by atoms with Crippen molar-refractivity contribution in [3.05, 3.63) is 53.4 Å². The molecule has 0 aliphatic carbocycles. The first-order valence-electron chi connectivity index (χ1n) is 8.33. The van der Waals surface area contributed by atoms with E-state index in [0.717, 1.165) is 22.6 Å². The van der Waals surface area contributed by atoms with E-state index in [2.05, 4.69) is 25.9 Å². The maximum Gasteiger partial charge on any atom is 0.220 e. The van der Waals surface area contributed by atoms with Crippen molar-refractivity contribution in [1.82, 2.24) is 35.3 Å². The lowest BCUT2D eigenvalue weighted by molar-refractivity contribution is -0.121. The fraction of sp³-hybridized carbons (Fsp3) is 0.353. The number of amides is 1. The molecule has 3 aromatic rings. The molecule has 0 spiro atoms. The molecule has 136 valence electrons. The minimum absolute atomic E-state index is 0.0357. The zero-order valence-electron chi connectivity index (χ0n) is 14.7. The van der Waals surface area contributed by atoms with Gasteiger partial charge < -0.3 is 5.32 Å². The molecule has 2 aromatic heterocycles. The van der Waals surface area contributed by atoms with Gasteiger partial charge in [-0.3, -0.25) is 4.79 Å². The molecule has 8 nitrogen and oxygen atoms in total. The summed E-state index contributed by atoms with van der Waals surface area (Å²) in [4.78, 5) is 12.0. The largest absolute Gasteiger partial charge is 0.352 e. The highest BCUT2D eigenvalue weighted by Crippen LogP contribution is 2.18. The van der Waals surface area contributed by atoms with Gasteiger partial charge in [-0.15, -0.1) is 5.10 Å². The van der Waals surface area contributed by atoms with E-state index in [1.807, 2.05) is 13.8 Å². The molecule has 1 aromatic carbocycles. The first-order valence-corrected chi connectivity index (χ1v) is 8.33. The second-order valence-electron chi connectivity index (χ2n) is 5.99. The van der Waals surface area contributed by atoms with Crippen molar-refractivity contribution in [3.63, 3.8) is 0 Å². The lowest BCUT2D eigenvalue weighted by Gasteiger charge is -2.07. The van der Waals surface area contributed by atoms with Crippen LogP contribution >= 0.6 is 0 Å². The molecule has 0 bridgehead atoms. The van der Waals surface area contributed by atoms with Gasteiger partial charge in [-0.2, -0.15) is 5.10 Å². The van der Waals surface area contributed by atoms with Gasteiger partial charge in [0.05, 0.1) is 11.4 Å². The van der Waals surface area contributed by atoms with Crippen molar-refractivity contribution < 1.29 is 9.18 Å². The summed E-state index contributed by atoms with van der Waals surface area (Å²) in [5.41, 5.74) is 3.50. The van der Waals surface area contributed by atoms with E-state index in [1.165, 1.54) is 18.5 Å². The molecule has 1 N–H and O–H groups in total. The minimum atomic E-state index is -0.288. The Balaban J connectivity index is 1.57. The molecular formula is C17H20FN7O. The van der Waals surface area contributed by atoms with Crippen molar-refractivity contribution >= 4 is 5.91 Å². The summed E-state index contributed by atoms with van der Waals surface area (Å²) in [5, 5.41) is 18.3. The van der Waals surface area contributed by atoms with Crippen molar-refractivity contribution in [1.29, 1.82) is 0 Å². The maximum absolute atomic E-state index is 13.1. The standard InChI is InChI=1S/C17H20FN7O/c1-12-16(10-19-17(26)4-3-9-24-11-20-22-23-24)13(2)25(21-12)15-7-5-14(18)6-8-15/h5-8,11H,3-4,9-10H2,1-2H3,(H,19,26). The van der Waals surface area contributed by atoms with Crippen molar-refractivity contribution in [2.24, 2.45) is 0 Å². The number of tetrazole rings is 1. The van der Waals surface area contributed by atoms with Crippen LogP contribution in [-0.2, 0) is 17.9 Å². The summed E-state index contributed by atoms with van der Waals surface area (Å²) in [6.45, 7) is 4.83. The molecule has 3 rings (SSSR count). The molecule has 2 heterocycles. The summed E-state index contributed by atoms with van der Waals surface area (Å²) in [6, 6.07) is 6.15. The molecule has 0 saturated heterocycles. The number of nitrogens with one attached hydrogen (secondary N) is 1. The highest BCUT2D eigenvalue weighted by molar-refractivity contribution is 5.75. The third-order valence-corrected chi connectivity index (χ3v) is 4.16. The number of rotatable bonds is 7. The van der Waals surface area contributed by atoms with Crippen LogP contribution in [0.1, 0.15) is 29.8 Å². The van der Waals surface area contributed by atoms with E-state index in [9.17, 15) is 9.18 Å². The molecule has 0 radical (unpaired) electrons. The van der Waals surface area contributed by atoms with Gasteiger partial charge in [-0.05, 0) is 55.0 Å². The molecule has 0 aliphatic rings. The van der Waals surface area contributed by atoms with Crippen LogP contribution in [0.25, 0.3) is 5.69 Å². The Hall–Kier alpha value is -3.10. The van der Waals surface area contributed by atoms with Crippen LogP contribution in [0.2, 0.25) is 0 Å². The van der Waals surface area contributed by atoms with Crippen molar-refractivity contribution in [3.8, 4) is 5.69 Å².